The molecule has 0 aromatic carbocycles. The van der Waals surface area contributed by atoms with Gasteiger partial charge in [0.2, 0.25) is 0 Å². The van der Waals surface area contributed by atoms with Crippen LogP contribution in [0.25, 0.3) is 0 Å². The number of allylic oxidation sites excluding steroid dienone is 3. The smallest absolute Gasteiger partial charge is 0.0264 e. The standard InChI is InChI=1S/C10H15N/c1-3-10-8-11-7-5-4-6-9(10)2/h4-5,7-9H,3,6H2,1-2H3/b5-4-,10-8-,11-7+. The third-order valence-corrected chi connectivity index (χ3v) is 2.08. The molecule has 0 spiro atoms. The molecule has 0 aliphatic carbocycles. The Morgan fingerprint density at radius 1 is 1.64 bits per heavy atom. The minimum absolute atomic E-state index is 0.661. The van der Waals surface area contributed by atoms with Gasteiger partial charge >= 0.3 is 0 Å². The van der Waals surface area contributed by atoms with Gasteiger partial charge in [-0.1, -0.05) is 19.9 Å². The first-order valence-corrected chi connectivity index (χ1v) is 4.21. The van der Waals surface area contributed by atoms with Crippen molar-refractivity contribution in [2.75, 3.05) is 0 Å². The van der Waals surface area contributed by atoms with Gasteiger partial charge in [-0.05, 0) is 30.4 Å². The van der Waals surface area contributed by atoms with E-state index in [4.69, 9.17) is 0 Å². The molecule has 0 bridgehead atoms. The first-order chi connectivity index (χ1) is 5.34. The van der Waals surface area contributed by atoms with Crippen LogP contribution in [-0.4, -0.2) is 6.21 Å². The van der Waals surface area contributed by atoms with Crippen molar-refractivity contribution in [3.05, 3.63) is 23.9 Å². The van der Waals surface area contributed by atoms with Gasteiger partial charge in [-0.2, -0.15) is 0 Å². The van der Waals surface area contributed by atoms with Crippen molar-refractivity contribution in [3.63, 3.8) is 0 Å². The minimum atomic E-state index is 0.661. The second-order valence-electron chi connectivity index (χ2n) is 2.92. The zero-order chi connectivity index (χ0) is 8.10. The van der Waals surface area contributed by atoms with Crippen LogP contribution in [0.5, 0.6) is 0 Å². The fourth-order valence-corrected chi connectivity index (χ4v) is 1.25. The Morgan fingerprint density at radius 2 is 2.45 bits per heavy atom. The maximum Gasteiger partial charge on any atom is 0.0264 e. The van der Waals surface area contributed by atoms with Crippen molar-refractivity contribution in [3.8, 4) is 0 Å². The molecule has 1 nitrogen and oxygen atoms in total. The zero-order valence-electron chi connectivity index (χ0n) is 7.25. The van der Waals surface area contributed by atoms with E-state index in [-0.39, 0.29) is 0 Å². The Hall–Kier alpha value is -0.850. The average molecular weight is 149 g/mol. The van der Waals surface area contributed by atoms with Crippen LogP contribution in [0.4, 0.5) is 0 Å². The molecule has 11 heavy (non-hydrogen) atoms. The van der Waals surface area contributed by atoms with E-state index in [0.717, 1.165) is 12.8 Å². The van der Waals surface area contributed by atoms with Crippen molar-refractivity contribution < 1.29 is 0 Å². The molecule has 1 aliphatic rings. The highest BCUT2D eigenvalue weighted by Gasteiger charge is 2.04. The van der Waals surface area contributed by atoms with Crippen LogP contribution in [-0.2, 0) is 0 Å². The number of nitrogens with zero attached hydrogens (tertiary/aromatic N) is 1. The average Bonchev–Trinajstić information content (AvgIpc) is 1.98. The van der Waals surface area contributed by atoms with E-state index in [0.29, 0.717) is 5.92 Å². The van der Waals surface area contributed by atoms with E-state index in [2.05, 4.69) is 24.9 Å². The van der Waals surface area contributed by atoms with E-state index in [1.54, 1.807) is 0 Å². The fraction of sp³-hybridized carbons (Fsp3) is 0.500. The summed E-state index contributed by atoms with van der Waals surface area (Å²) in [5.41, 5.74) is 1.45. The molecule has 1 heteroatoms. The summed E-state index contributed by atoms with van der Waals surface area (Å²) < 4.78 is 0. The summed E-state index contributed by atoms with van der Waals surface area (Å²) in [5, 5.41) is 0. The monoisotopic (exact) mass is 149 g/mol. The highest BCUT2D eigenvalue weighted by Crippen LogP contribution is 2.19. The van der Waals surface area contributed by atoms with Gasteiger partial charge < -0.3 is 0 Å². The van der Waals surface area contributed by atoms with E-state index in [9.17, 15) is 0 Å². The van der Waals surface area contributed by atoms with Crippen molar-refractivity contribution in [2.45, 2.75) is 26.7 Å². The Morgan fingerprint density at radius 3 is 3.18 bits per heavy atom. The first-order valence-electron chi connectivity index (χ1n) is 4.21. The largest absolute Gasteiger partial charge is 0.265 e. The molecule has 1 rings (SSSR count). The summed E-state index contributed by atoms with van der Waals surface area (Å²) >= 11 is 0. The van der Waals surface area contributed by atoms with Crippen LogP contribution >= 0.6 is 0 Å². The van der Waals surface area contributed by atoms with Gasteiger partial charge in [0.15, 0.2) is 0 Å². The van der Waals surface area contributed by atoms with Crippen LogP contribution in [0, 0.1) is 5.92 Å². The lowest BCUT2D eigenvalue weighted by atomic mass is 9.96. The minimum Gasteiger partial charge on any atom is -0.265 e. The molecule has 1 aliphatic heterocycles. The van der Waals surface area contributed by atoms with Crippen molar-refractivity contribution >= 4 is 6.21 Å². The molecule has 1 heterocycles. The van der Waals surface area contributed by atoms with E-state index in [1.807, 2.05) is 18.5 Å². The molecule has 0 saturated carbocycles. The summed E-state index contributed by atoms with van der Waals surface area (Å²) in [6, 6.07) is 0. The number of rotatable bonds is 1. The van der Waals surface area contributed by atoms with Gasteiger partial charge in [-0.25, -0.2) is 0 Å². The number of aliphatic imine (C=N–C) groups is 1. The predicted octanol–water partition coefficient (Wildman–Crippen LogP) is 2.95. The number of hydrogen-bond acceptors (Lipinski definition) is 1. The van der Waals surface area contributed by atoms with Gasteiger partial charge in [-0.3, -0.25) is 4.99 Å². The van der Waals surface area contributed by atoms with E-state index >= 15 is 0 Å². The molecule has 1 atom stereocenters. The molecule has 0 saturated heterocycles. The van der Waals surface area contributed by atoms with Crippen molar-refractivity contribution in [1.29, 1.82) is 0 Å². The lowest BCUT2D eigenvalue weighted by Crippen LogP contribution is -1.97. The van der Waals surface area contributed by atoms with E-state index in [1.165, 1.54) is 5.57 Å². The summed E-state index contributed by atoms with van der Waals surface area (Å²) in [6.45, 7) is 4.43. The maximum atomic E-state index is 4.16. The van der Waals surface area contributed by atoms with Crippen LogP contribution < -0.4 is 0 Å². The number of hydrogen-bond donors (Lipinski definition) is 0. The Labute approximate surface area is 68.5 Å². The van der Waals surface area contributed by atoms with E-state index < -0.39 is 0 Å². The Bertz CT molecular complexity index is 199. The van der Waals surface area contributed by atoms with Gasteiger partial charge in [0.25, 0.3) is 0 Å². The fourth-order valence-electron chi connectivity index (χ4n) is 1.25. The summed E-state index contributed by atoms with van der Waals surface area (Å²) in [6.07, 6.45) is 10.3. The SMILES string of the molecule is CC/C1=C/N=C/C=C\CC1C. The van der Waals surface area contributed by atoms with Crippen LogP contribution in [0.3, 0.4) is 0 Å². The highest BCUT2D eigenvalue weighted by molar-refractivity contribution is 5.71. The van der Waals surface area contributed by atoms with Crippen LogP contribution in [0.1, 0.15) is 26.7 Å². The van der Waals surface area contributed by atoms with Crippen LogP contribution in [0.2, 0.25) is 0 Å². The van der Waals surface area contributed by atoms with Crippen molar-refractivity contribution in [2.24, 2.45) is 10.9 Å². The van der Waals surface area contributed by atoms with Crippen LogP contribution in [0.15, 0.2) is 28.9 Å². The third-order valence-electron chi connectivity index (χ3n) is 2.08. The van der Waals surface area contributed by atoms with Gasteiger partial charge in [0.05, 0.1) is 0 Å². The Balaban J connectivity index is 2.74. The second kappa shape index (κ2) is 4.12. The molecule has 0 aromatic rings. The molecular formula is C10H15N. The predicted molar refractivity (Wildman–Crippen MR) is 49.8 cm³/mol. The normalized spacial score (nSPS) is 34.7. The highest BCUT2D eigenvalue weighted by atomic mass is 14.7. The van der Waals surface area contributed by atoms with Crippen molar-refractivity contribution in [1.82, 2.24) is 0 Å². The Kier molecular flexibility index (Phi) is 3.09. The maximum absolute atomic E-state index is 4.16. The quantitative estimate of drug-likeness (QED) is 0.543. The molecule has 0 N–H and O–H groups in total. The van der Waals surface area contributed by atoms with Gasteiger partial charge in [0.1, 0.15) is 0 Å². The molecule has 0 fully saturated rings. The third kappa shape index (κ3) is 2.34. The first kappa shape index (κ1) is 8.25. The summed E-state index contributed by atoms with van der Waals surface area (Å²) in [4.78, 5) is 4.16. The van der Waals surface area contributed by atoms with Gasteiger partial charge in [-0.15, -0.1) is 0 Å². The van der Waals surface area contributed by atoms with Gasteiger partial charge in [0, 0.05) is 12.4 Å². The molecular weight excluding hydrogens is 134 g/mol. The lowest BCUT2D eigenvalue weighted by Gasteiger charge is -2.11. The second-order valence-corrected chi connectivity index (χ2v) is 2.92. The summed E-state index contributed by atoms with van der Waals surface area (Å²) in [7, 11) is 0. The summed E-state index contributed by atoms with van der Waals surface area (Å²) in [5.74, 6) is 0.661. The zero-order valence-corrected chi connectivity index (χ0v) is 7.25. The lowest BCUT2D eigenvalue weighted by molar-refractivity contribution is 0.665. The molecule has 0 radical (unpaired) electrons. The molecule has 1 unspecified atom stereocenters. The molecule has 0 amide bonds. The topological polar surface area (TPSA) is 12.4 Å². The molecule has 60 valence electrons. The molecule has 0 aromatic heterocycles.